The minimum absolute atomic E-state index is 0.113. The van der Waals surface area contributed by atoms with Gasteiger partial charge in [0, 0.05) is 16.9 Å². The van der Waals surface area contributed by atoms with Crippen LogP contribution in [0.25, 0.3) is 16.8 Å². The molecule has 1 unspecified atom stereocenters. The SMILES string of the molecule is C=C/C=C(\C=C/Cc1ccccc1)c1ccc(N(c2ccccc2)C2C=CC(c3c(C)cccc3C(N=C)=NC(=C)c3ccccc3)=C(C)C2)cc1. The number of para-hydroxylation sites is 1. The smallest absolute Gasteiger partial charge is 0.159 e. The second-order valence-electron chi connectivity index (χ2n) is 12.9. The number of aliphatic imine (C=N–C) groups is 2. The Balaban J connectivity index is 1.30. The van der Waals surface area contributed by atoms with Crippen molar-refractivity contribution in [2.45, 2.75) is 32.7 Å². The van der Waals surface area contributed by atoms with Crippen molar-refractivity contribution in [1.29, 1.82) is 0 Å². The van der Waals surface area contributed by atoms with Crippen LogP contribution in [-0.4, -0.2) is 18.6 Å². The van der Waals surface area contributed by atoms with E-state index in [1.165, 1.54) is 16.7 Å². The molecule has 5 aromatic rings. The normalized spacial score (nSPS) is 14.8. The fourth-order valence-corrected chi connectivity index (χ4v) is 6.78. The maximum absolute atomic E-state index is 4.87. The van der Waals surface area contributed by atoms with E-state index in [0.717, 1.165) is 57.6 Å². The highest BCUT2D eigenvalue weighted by Gasteiger charge is 2.25. The van der Waals surface area contributed by atoms with Crippen molar-refractivity contribution < 1.29 is 0 Å². The van der Waals surface area contributed by atoms with Gasteiger partial charge in [0.15, 0.2) is 5.84 Å². The van der Waals surface area contributed by atoms with Crippen LogP contribution in [0.3, 0.4) is 0 Å². The van der Waals surface area contributed by atoms with Crippen molar-refractivity contribution in [3.8, 4) is 0 Å². The summed E-state index contributed by atoms with van der Waals surface area (Å²) in [6.45, 7) is 16.5. The zero-order valence-corrected chi connectivity index (χ0v) is 30.1. The lowest BCUT2D eigenvalue weighted by molar-refractivity contribution is 0.760. The molecule has 0 N–H and O–H groups in total. The first-order valence-electron chi connectivity index (χ1n) is 17.7. The molecular formula is C49H45N3. The quantitative estimate of drug-likeness (QED) is 0.0735. The Morgan fingerprint density at radius 2 is 1.42 bits per heavy atom. The summed E-state index contributed by atoms with van der Waals surface area (Å²) < 4.78 is 0. The van der Waals surface area contributed by atoms with Crippen molar-refractivity contribution in [3.05, 3.63) is 222 Å². The molecule has 0 saturated carbocycles. The number of allylic oxidation sites excluding steroid dienone is 7. The summed E-state index contributed by atoms with van der Waals surface area (Å²) in [4.78, 5) is 11.7. The van der Waals surface area contributed by atoms with Crippen molar-refractivity contribution in [2.75, 3.05) is 4.90 Å². The average molecular weight is 676 g/mol. The predicted molar refractivity (Wildman–Crippen MR) is 225 cm³/mol. The topological polar surface area (TPSA) is 28.0 Å². The molecule has 0 aromatic heterocycles. The summed E-state index contributed by atoms with van der Waals surface area (Å²) in [5.74, 6) is 0.564. The van der Waals surface area contributed by atoms with Gasteiger partial charge in [0.05, 0.1) is 11.7 Å². The highest BCUT2D eigenvalue weighted by atomic mass is 15.2. The van der Waals surface area contributed by atoms with Crippen LogP contribution in [0.4, 0.5) is 11.4 Å². The molecule has 0 bridgehead atoms. The van der Waals surface area contributed by atoms with Gasteiger partial charge in [-0.15, -0.1) is 0 Å². The fraction of sp³-hybridized carbons (Fsp3) is 0.102. The molecule has 0 amide bonds. The van der Waals surface area contributed by atoms with Crippen molar-refractivity contribution in [3.63, 3.8) is 0 Å². The van der Waals surface area contributed by atoms with Gasteiger partial charge in [-0.2, -0.15) is 0 Å². The van der Waals surface area contributed by atoms with Gasteiger partial charge in [-0.25, -0.2) is 9.98 Å². The molecule has 1 aliphatic carbocycles. The molecule has 0 radical (unpaired) electrons. The Labute approximate surface area is 309 Å². The fourth-order valence-electron chi connectivity index (χ4n) is 6.78. The second-order valence-corrected chi connectivity index (χ2v) is 12.9. The van der Waals surface area contributed by atoms with Crippen molar-refractivity contribution in [1.82, 2.24) is 0 Å². The van der Waals surface area contributed by atoms with Crippen LogP contribution >= 0.6 is 0 Å². The maximum Gasteiger partial charge on any atom is 0.159 e. The first-order chi connectivity index (χ1) is 25.5. The molecule has 5 aromatic carbocycles. The lowest BCUT2D eigenvalue weighted by Crippen LogP contribution is -2.31. The van der Waals surface area contributed by atoms with Gasteiger partial charge in [-0.1, -0.05) is 164 Å². The number of nitrogens with zero attached hydrogens (tertiary/aromatic N) is 3. The molecular weight excluding hydrogens is 631 g/mol. The highest BCUT2D eigenvalue weighted by Crippen LogP contribution is 2.38. The third kappa shape index (κ3) is 8.34. The predicted octanol–water partition coefficient (Wildman–Crippen LogP) is 12.4. The first kappa shape index (κ1) is 35.5. The molecule has 0 aliphatic heterocycles. The zero-order chi connectivity index (χ0) is 36.3. The summed E-state index contributed by atoms with van der Waals surface area (Å²) >= 11 is 0. The van der Waals surface area contributed by atoms with E-state index in [4.69, 9.17) is 4.99 Å². The van der Waals surface area contributed by atoms with Crippen LogP contribution in [0, 0.1) is 6.92 Å². The summed E-state index contributed by atoms with van der Waals surface area (Å²) in [6.07, 6.45) is 14.7. The first-order valence-corrected chi connectivity index (χ1v) is 17.7. The summed E-state index contributed by atoms with van der Waals surface area (Å²) in [5.41, 5.74) is 13.2. The molecule has 0 fully saturated rings. The Morgan fingerprint density at radius 3 is 2.08 bits per heavy atom. The summed E-state index contributed by atoms with van der Waals surface area (Å²) in [5, 5.41) is 0. The minimum atomic E-state index is 0.113. The van der Waals surface area contributed by atoms with Gasteiger partial charge in [-0.05, 0) is 96.6 Å². The number of benzene rings is 5. The highest BCUT2D eigenvalue weighted by molar-refractivity contribution is 6.08. The van der Waals surface area contributed by atoms with Gasteiger partial charge >= 0.3 is 0 Å². The standard InChI is InChI=1S/C49H45N3/c1-6-18-41(25-17-22-39-20-10-7-11-21-39)42-29-31-44(32-30-42)52(43-26-14-9-15-27-43)45-33-34-46(37(3)35-45)48-36(2)19-16-28-47(48)49(50-5)51-38(4)40-23-12-8-13-24-40/h6-21,23-34,45H,1,4-5,22,35H2,2-3H3/b25-17-,41-18+,51-49?. The number of anilines is 2. The average Bonchev–Trinajstić information content (AvgIpc) is 3.18. The monoisotopic (exact) mass is 675 g/mol. The number of amidine groups is 1. The van der Waals surface area contributed by atoms with E-state index in [0.29, 0.717) is 11.5 Å². The molecule has 256 valence electrons. The summed E-state index contributed by atoms with van der Waals surface area (Å²) in [6, 6.07) is 46.4. The number of rotatable bonds is 12. The number of hydrogen-bond donors (Lipinski definition) is 0. The van der Waals surface area contributed by atoms with Crippen molar-refractivity contribution >= 4 is 40.8 Å². The minimum Gasteiger partial charge on any atom is -0.334 e. The molecule has 52 heavy (non-hydrogen) atoms. The maximum atomic E-state index is 4.87. The van der Waals surface area contributed by atoms with E-state index >= 15 is 0 Å². The largest absolute Gasteiger partial charge is 0.334 e. The van der Waals surface area contributed by atoms with E-state index in [9.17, 15) is 0 Å². The molecule has 3 nitrogen and oxygen atoms in total. The van der Waals surface area contributed by atoms with Gasteiger partial charge in [0.2, 0.25) is 0 Å². The molecule has 0 saturated heterocycles. The van der Waals surface area contributed by atoms with E-state index in [1.54, 1.807) is 0 Å². The van der Waals surface area contributed by atoms with E-state index in [-0.39, 0.29) is 6.04 Å². The third-order valence-electron chi connectivity index (χ3n) is 9.38. The molecule has 6 rings (SSSR count). The van der Waals surface area contributed by atoms with Crippen LogP contribution in [-0.2, 0) is 6.42 Å². The lowest BCUT2D eigenvalue weighted by atomic mass is 9.85. The van der Waals surface area contributed by atoms with E-state index in [2.05, 4.69) is 177 Å². The van der Waals surface area contributed by atoms with E-state index < -0.39 is 0 Å². The van der Waals surface area contributed by atoms with Crippen LogP contribution in [0.2, 0.25) is 0 Å². The van der Waals surface area contributed by atoms with Gasteiger partial charge in [-0.3, -0.25) is 0 Å². The third-order valence-corrected chi connectivity index (χ3v) is 9.38. The second kappa shape index (κ2) is 17.1. The Bertz CT molecular complexity index is 2180. The van der Waals surface area contributed by atoms with Crippen LogP contribution in [0.15, 0.2) is 199 Å². The molecule has 0 spiro atoms. The Kier molecular flexibility index (Phi) is 11.7. The molecule has 1 atom stereocenters. The van der Waals surface area contributed by atoms with E-state index in [1.807, 2.05) is 36.4 Å². The summed E-state index contributed by atoms with van der Waals surface area (Å²) in [7, 11) is 0. The molecule has 3 heteroatoms. The Morgan fingerprint density at radius 1 is 0.769 bits per heavy atom. The van der Waals surface area contributed by atoms with Gasteiger partial charge in [0.25, 0.3) is 0 Å². The van der Waals surface area contributed by atoms with Gasteiger partial charge in [0.1, 0.15) is 0 Å². The van der Waals surface area contributed by atoms with Crippen LogP contribution in [0.5, 0.6) is 0 Å². The Hall–Kier alpha value is -6.32. The van der Waals surface area contributed by atoms with Crippen LogP contribution < -0.4 is 4.90 Å². The van der Waals surface area contributed by atoms with Crippen LogP contribution in [0.1, 0.15) is 46.7 Å². The number of hydrogen-bond acceptors (Lipinski definition) is 2. The van der Waals surface area contributed by atoms with Crippen molar-refractivity contribution in [2.24, 2.45) is 9.98 Å². The molecule has 1 aliphatic rings. The zero-order valence-electron chi connectivity index (χ0n) is 30.1. The molecule has 0 heterocycles. The van der Waals surface area contributed by atoms with Gasteiger partial charge < -0.3 is 4.90 Å². The lowest BCUT2D eigenvalue weighted by Gasteiger charge is -2.35. The number of aryl methyl sites for hydroxylation is 1.